The van der Waals surface area contributed by atoms with Crippen LogP contribution in [-0.2, 0) is 26.7 Å². The normalized spacial score (nSPS) is 16.2. The van der Waals surface area contributed by atoms with E-state index in [4.69, 9.17) is 9.47 Å². The van der Waals surface area contributed by atoms with Gasteiger partial charge in [-0.1, -0.05) is 107 Å². The van der Waals surface area contributed by atoms with Crippen LogP contribution in [0.25, 0.3) is 0 Å². The summed E-state index contributed by atoms with van der Waals surface area (Å²) in [5.74, 6) is 3.06. The first-order valence-electron chi connectivity index (χ1n) is 20.5. The Hall–Kier alpha value is -1.73. The van der Waals surface area contributed by atoms with Crippen molar-refractivity contribution in [3.63, 3.8) is 0 Å². The lowest BCUT2D eigenvalue weighted by Crippen LogP contribution is -2.42. The molecule has 2 amide bonds. The maximum absolute atomic E-state index is 12.0. The van der Waals surface area contributed by atoms with E-state index in [0.717, 1.165) is 68.6 Å². The van der Waals surface area contributed by atoms with Crippen LogP contribution >= 0.6 is 76.9 Å². The zero-order chi connectivity index (χ0) is 41.5. The number of piperidine rings is 3. The number of thioether (sulfide) groups is 2. The third-order valence-corrected chi connectivity index (χ3v) is 13.3. The minimum absolute atomic E-state index is 0. The predicted octanol–water partition coefficient (Wildman–Crippen LogP) is 12.7. The molecular formula is C46H70BrCl2N3O4S3. The SMILES string of the molecule is CC(C)(C)OC(=O)N1CCC(Br)CC1.CC(C)(C)OC(=O)N1CCC(SCc2ccccc2)CC1.Cl.Cl.SCc1ccccc1.c1ccc(CSC2CCNCC2)cc1. The Morgan fingerprint density at radius 1 is 0.610 bits per heavy atom. The molecule has 3 saturated heterocycles. The van der Waals surface area contributed by atoms with Gasteiger partial charge in [0.05, 0.1) is 0 Å². The summed E-state index contributed by atoms with van der Waals surface area (Å²) < 4.78 is 10.7. The van der Waals surface area contributed by atoms with Crippen molar-refractivity contribution in [2.75, 3.05) is 39.3 Å². The summed E-state index contributed by atoms with van der Waals surface area (Å²) in [5, 5.41) is 4.91. The Morgan fingerprint density at radius 3 is 1.29 bits per heavy atom. The lowest BCUT2D eigenvalue weighted by atomic mass is 10.1. The highest BCUT2D eigenvalue weighted by Crippen LogP contribution is 2.28. The highest BCUT2D eigenvalue weighted by atomic mass is 79.9. The van der Waals surface area contributed by atoms with Crippen LogP contribution in [0.3, 0.4) is 0 Å². The Labute approximate surface area is 391 Å². The van der Waals surface area contributed by atoms with Crippen molar-refractivity contribution in [1.82, 2.24) is 15.1 Å². The number of ether oxygens (including phenoxy) is 2. The number of thiol groups is 1. The van der Waals surface area contributed by atoms with Crippen molar-refractivity contribution >= 4 is 89.1 Å². The number of likely N-dealkylation sites (tertiary alicyclic amines) is 2. The molecule has 0 spiro atoms. The number of hydrogen-bond acceptors (Lipinski definition) is 8. The summed E-state index contributed by atoms with van der Waals surface area (Å²) in [6.07, 6.45) is 6.44. The van der Waals surface area contributed by atoms with E-state index in [1.165, 1.54) is 48.4 Å². The van der Waals surface area contributed by atoms with Gasteiger partial charge in [-0.05, 0) is 110 Å². The predicted molar refractivity (Wildman–Crippen MR) is 266 cm³/mol. The van der Waals surface area contributed by atoms with E-state index < -0.39 is 5.60 Å². The van der Waals surface area contributed by atoms with Gasteiger partial charge in [-0.25, -0.2) is 9.59 Å². The fraction of sp³-hybridized carbons (Fsp3) is 0.565. The molecule has 3 aromatic carbocycles. The van der Waals surface area contributed by atoms with Gasteiger partial charge in [0, 0.05) is 58.8 Å². The number of nitrogens with zero attached hydrogens (tertiary/aromatic N) is 2. The lowest BCUT2D eigenvalue weighted by molar-refractivity contribution is 0.0209. The molecule has 332 valence electrons. The van der Waals surface area contributed by atoms with Gasteiger partial charge in [-0.2, -0.15) is 36.2 Å². The first kappa shape index (κ1) is 55.3. The van der Waals surface area contributed by atoms with Gasteiger partial charge in [-0.3, -0.25) is 0 Å². The van der Waals surface area contributed by atoms with E-state index in [2.05, 4.69) is 112 Å². The van der Waals surface area contributed by atoms with E-state index in [0.29, 0.717) is 10.1 Å². The van der Waals surface area contributed by atoms with Crippen molar-refractivity contribution in [3.05, 3.63) is 108 Å². The van der Waals surface area contributed by atoms with E-state index in [1.54, 1.807) is 4.90 Å². The van der Waals surface area contributed by atoms with Gasteiger partial charge in [0.1, 0.15) is 11.2 Å². The van der Waals surface area contributed by atoms with Crippen LogP contribution in [0.15, 0.2) is 91.0 Å². The molecule has 0 unspecified atom stereocenters. The molecule has 0 bridgehead atoms. The molecule has 0 atom stereocenters. The molecule has 0 radical (unpaired) electrons. The zero-order valence-corrected chi connectivity index (χ0v) is 41.7. The molecule has 1 N–H and O–H groups in total. The molecule has 3 aliphatic rings. The summed E-state index contributed by atoms with van der Waals surface area (Å²) in [6.45, 7) is 17.0. The number of carbonyl (C=O) groups excluding carboxylic acids is 2. The number of nitrogens with one attached hydrogen (secondary N) is 1. The maximum Gasteiger partial charge on any atom is 0.410 e. The summed E-state index contributed by atoms with van der Waals surface area (Å²) in [7, 11) is 0. The van der Waals surface area contributed by atoms with Crippen molar-refractivity contribution in [2.24, 2.45) is 0 Å². The molecule has 0 aromatic heterocycles. The monoisotopic (exact) mass is 973 g/mol. The Bertz CT molecular complexity index is 1520. The van der Waals surface area contributed by atoms with Crippen LogP contribution in [0, 0.1) is 0 Å². The topological polar surface area (TPSA) is 71.1 Å². The number of benzene rings is 3. The summed E-state index contributed by atoms with van der Waals surface area (Å²) in [4.78, 5) is 27.8. The quantitative estimate of drug-likeness (QED) is 0.181. The van der Waals surface area contributed by atoms with Gasteiger partial charge in [0.25, 0.3) is 0 Å². The summed E-state index contributed by atoms with van der Waals surface area (Å²) in [6, 6.07) is 31.5. The highest BCUT2D eigenvalue weighted by Gasteiger charge is 2.27. The minimum Gasteiger partial charge on any atom is -0.444 e. The van der Waals surface area contributed by atoms with E-state index >= 15 is 0 Å². The number of carbonyl (C=O) groups is 2. The van der Waals surface area contributed by atoms with Crippen molar-refractivity contribution < 1.29 is 19.1 Å². The van der Waals surface area contributed by atoms with Gasteiger partial charge >= 0.3 is 12.2 Å². The third kappa shape index (κ3) is 25.7. The molecule has 13 heteroatoms. The number of halogens is 3. The van der Waals surface area contributed by atoms with Crippen LogP contribution in [0.1, 0.15) is 96.8 Å². The van der Waals surface area contributed by atoms with Gasteiger partial charge in [0.15, 0.2) is 0 Å². The van der Waals surface area contributed by atoms with Gasteiger partial charge in [-0.15, -0.1) is 24.8 Å². The zero-order valence-electron chi connectivity index (χ0n) is 36.0. The summed E-state index contributed by atoms with van der Waals surface area (Å²) >= 11 is 11.8. The molecule has 3 aromatic rings. The molecule has 3 fully saturated rings. The molecule has 0 aliphatic carbocycles. The Balaban J connectivity index is 0.000000407. The van der Waals surface area contributed by atoms with E-state index in [-0.39, 0.29) is 42.6 Å². The maximum atomic E-state index is 12.0. The fourth-order valence-corrected chi connectivity index (χ4v) is 8.99. The van der Waals surface area contributed by atoms with Crippen molar-refractivity contribution in [1.29, 1.82) is 0 Å². The smallest absolute Gasteiger partial charge is 0.410 e. The molecule has 3 aliphatic heterocycles. The number of rotatable bonds is 7. The first-order chi connectivity index (χ1) is 27.2. The summed E-state index contributed by atoms with van der Waals surface area (Å²) in [5.41, 5.74) is 3.31. The average Bonchev–Trinajstić information content (AvgIpc) is 3.21. The second-order valence-corrected chi connectivity index (χ2v) is 20.7. The van der Waals surface area contributed by atoms with E-state index in [1.807, 2.05) is 82.5 Å². The minimum atomic E-state index is -0.407. The van der Waals surface area contributed by atoms with Crippen LogP contribution in [-0.4, -0.2) is 87.8 Å². The van der Waals surface area contributed by atoms with E-state index in [9.17, 15) is 9.59 Å². The van der Waals surface area contributed by atoms with Crippen LogP contribution in [0.4, 0.5) is 9.59 Å². The number of alkyl halides is 1. The average molecular weight is 976 g/mol. The van der Waals surface area contributed by atoms with Crippen LogP contribution in [0.2, 0.25) is 0 Å². The van der Waals surface area contributed by atoms with Gasteiger partial charge < -0.3 is 24.6 Å². The first-order valence-corrected chi connectivity index (χ1v) is 24.1. The number of hydrogen-bond donors (Lipinski definition) is 2. The molecular weight excluding hydrogens is 906 g/mol. The largest absolute Gasteiger partial charge is 0.444 e. The highest BCUT2D eigenvalue weighted by molar-refractivity contribution is 9.09. The van der Waals surface area contributed by atoms with Crippen LogP contribution < -0.4 is 5.32 Å². The molecule has 0 saturated carbocycles. The Kier molecular flexibility index (Phi) is 28.4. The Morgan fingerprint density at radius 2 is 0.949 bits per heavy atom. The van der Waals surface area contributed by atoms with Crippen molar-refractivity contribution in [3.8, 4) is 0 Å². The molecule has 7 nitrogen and oxygen atoms in total. The second kappa shape index (κ2) is 30.3. The second-order valence-electron chi connectivity index (χ2n) is 16.5. The molecule has 59 heavy (non-hydrogen) atoms. The fourth-order valence-electron chi connectivity index (χ4n) is 6.01. The standard InChI is InChI=1S/C17H25NO2S.C12H17NS.C10H18BrNO2.C7H8S.2ClH/c1-17(2,3)20-16(19)18-11-9-15(10-12-18)21-13-14-7-5-4-6-8-14;1-2-4-11(5-3-1)10-14-12-6-8-13-9-7-12;1-10(2,3)14-9(13)12-6-4-8(11)5-7-12;8-6-7-4-2-1-3-5-7;;/h4-8,15H,9-13H2,1-3H3;1-5,12-13H,6-10H2;8H,4-7H2,1-3H3;1-5,8H,6H2;2*1H. The van der Waals surface area contributed by atoms with Gasteiger partial charge in [0.2, 0.25) is 0 Å². The van der Waals surface area contributed by atoms with Crippen molar-refractivity contribution in [2.45, 2.75) is 124 Å². The lowest BCUT2D eigenvalue weighted by Gasteiger charge is -2.33. The van der Waals surface area contributed by atoms with Crippen LogP contribution in [0.5, 0.6) is 0 Å². The molecule has 3 heterocycles. The number of amides is 2. The third-order valence-electron chi connectivity index (χ3n) is 9.14. The molecule has 6 rings (SSSR count).